The number of anilines is 2. The lowest BCUT2D eigenvalue weighted by Crippen LogP contribution is -2.25. The molecule has 59 valence electrons. The summed E-state index contributed by atoms with van der Waals surface area (Å²) in [5, 5.41) is 3.22. The first-order valence-electron chi connectivity index (χ1n) is 4.05. The number of nitrogens with one attached hydrogen (secondary N) is 1. The van der Waals surface area contributed by atoms with E-state index in [9.17, 15) is 0 Å². The van der Waals surface area contributed by atoms with Gasteiger partial charge in [-0.25, -0.2) is 0 Å². The molecule has 0 saturated carbocycles. The lowest BCUT2D eigenvalue weighted by molar-refractivity contribution is 1.03. The van der Waals surface area contributed by atoms with E-state index < -0.39 is 0 Å². The molecule has 1 aromatic rings. The second-order valence-corrected chi connectivity index (χ2v) is 2.91. The average Bonchev–Trinajstić information content (AvgIpc) is 2.62. The Kier molecular flexibility index (Phi) is 1.01. The summed E-state index contributed by atoms with van der Waals surface area (Å²) >= 11 is 0. The standard InChI is InChI=1S/C9H8N3/c1-2-4-8-7(3-1)11-9-10-5-6-12(8)9/h1-2,4H,5-6H2,(H,10,11). The number of para-hydroxylation sites is 1. The summed E-state index contributed by atoms with van der Waals surface area (Å²) in [7, 11) is 0. The van der Waals surface area contributed by atoms with Crippen molar-refractivity contribution in [3.63, 3.8) is 0 Å². The predicted molar refractivity (Wildman–Crippen MR) is 48.5 cm³/mol. The SMILES string of the molecule is [c]1cccc2c1NC1=NCCN12. The fourth-order valence-corrected chi connectivity index (χ4v) is 1.65. The minimum Gasteiger partial charge on any atom is -0.324 e. The van der Waals surface area contributed by atoms with Crippen LogP contribution in [0.4, 0.5) is 11.4 Å². The van der Waals surface area contributed by atoms with Crippen molar-refractivity contribution in [1.82, 2.24) is 0 Å². The highest BCUT2D eigenvalue weighted by molar-refractivity contribution is 6.15. The molecule has 2 aliphatic rings. The van der Waals surface area contributed by atoms with Crippen molar-refractivity contribution in [3.05, 3.63) is 24.3 Å². The van der Waals surface area contributed by atoms with Crippen molar-refractivity contribution in [2.45, 2.75) is 0 Å². The number of benzene rings is 1. The number of rotatable bonds is 0. The largest absolute Gasteiger partial charge is 0.324 e. The number of aliphatic imine (C=N–C) groups is 1. The van der Waals surface area contributed by atoms with Crippen LogP contribution in [0.5, 0.6) is 0 Å². The van der Waals surface area contributed by atoms with Gasteiger partial charge in [-0.2, -0.15) is 0 Å². The first-order valence-corrected chi connectivity index (χ1v) is 4.05. The minimum absolute atomic E-state index is 0.899. The van der Waals surface area contributed by atoms with E-state index in [1.807, 2.05) is 12.1 Å². The molecule has 0 fully saturated rings. The highest BCUT2D eigenvalue weighted by Crippen LogP contribution is 2.32. The second-order valence-electron chi connectivity index (χ2n) is 2.91. The van der Waals surface area contributed by atoms with Crippen LogP contribution in [-0.4, -0.2) is 19.0 Å². The number of hydrogen-bond donors (Lipinski definition) is 1. The normalized spacial score (nSPS) is 18.3. The van der Waals surface area contributed by atoms with Gasteiger partial charge in [0.05, 0.1) is 17.9 Å². The summed E-state index contributed by atoms with van der Waals surface area (Å²) < 4.78 is 0. The maximum atomic E-state index is 4.32. The van der Waals surface area contributed by atoms with E-state index >= 15 is 0 Å². The smallest absolute Gasteiger partial charge is 0.203 e. The number of fused-ring (bicyclic) bond motifs is 3. The highest BCUT2D eigenvalue weighted by atomic mass is 15.4. The Morgan fingerprint density at radius 3 is 3.58 bits per heavy atom. The maximum Gasteiger partial charge on any atom is 0.203 e. The van der Waals surface area contributed by atoms with E-state index in [-0.39, 0.29) is 0 Å². The van der Waals surface area contributed by atoms with Gasteiger partial charge in [-0.15, -0.1) is 0 Å². The Labute approximate surface area is 70.7 Å². The summed E-state index contributed by atoms with van der Waals surface area (Å²) in [6, 6.07) is 9.15. The molecule has 0 unspecified atom stereocenters. The van der Waals surface area contributed by atoms with E-state index in [2.05, 4.69) is 27.3 Å². The van der Waals surface area contributed by atoms with E-state index in [0.29, 0.717) is 0 Å². The van der Waals surface area contributed by atoms with Gasteiger partial charge in [0.25, 0.3) is 0 Å². The van der Waals surface area contributed by atoms with Gasteiger partial charge in [0.1, 0.15) is 0 Å². The molecular weight excluding hydrogens is 150 g/mol. The molecule has 0 bridgehead atoms. The van der Waals surface area contributed by atoms with Gasteiger partial charge in [0, 0.05) is 12.6 Å². The van der Waals surface area contributed by atoms with Gasteiger partial charge >= 0.3 is 0 Å². The van der Waals surface area contributed by atoms with Crippen molar-refractivity contribution >= 4 is 17.3 Å². The van der Waals surface area contributed by atoms with Crippen molar-refractivity contribution in [2.75, 3.05) is 23.3 Å². The van der Waals surface area contributed by atoms with Crippen molar-refractivity contribution in [1.29, 1.82) is 0 Å². The molecule has 2 heterocycles. The van der Waals surface area contributed by atoms with Gasteiger partial charge in [-0.1, -0.05) is 12.1 Å². The monoisotopic (exact) mass is 158 g/mol. The van der Waals surface area contributed by atoms with E-state index in [1.54, 1.807) is 0 Å². The fraction of sp³-hybridized carbons (Fsp3) is 0.222. The van der Waals surface area contributed by atoms with Crippen molar-refractivity contribution < 1.29 is 0 Å². The van der Waals surface area contributed by atoms with Gasteiger partial charge in [0.15, 0.2) is 0 Å². The summed E-state index contributed by atoms with van der Waals surface area (Å²) in [5.41, 5.74) is 2.25. The third-order valence-corrected chi connectivity index (χ3v) is 2.20. The highest BCUT2D eigenvalue weighted by Gasteiger charge is 2.27. The molecule has 1 N–H and O–H groups in total. The molecule has 1 radical (unpaired) electrons. The van der Waals surface area contributed by atoms with Crippen LogP contribution in [0.3, 0.4) is 0 Å². The van der Waals surface area contributed by atoms with E-state index in [1.165, 1.54) is 5.69 Å². The summed E-state index contributed by atoms with van der Waals surface area (Å²) in [4.78, 5) is 6.51. The molecule has 2 aliphatic heterocycles. The molecule has 3 rings (SSSR count). The topological polar surface area (TPSA) is 27.6 Å². The van der Waals surface area contributed by atoms with Gasteiger partial charge in [-0.05, 0) is 6.07 Å². The zero-order chi connectivity index (χ0) is 7.97. The summed E-state index contributed by atoms with van der Waals surface area (Å²) in [6.45, 7) is 1.89. The molecular formula is C9H8N3. The van der Waals surface area contributed by atoms with Crippen LogP contribution in [0.2, 0.25) is 0 Å². The van der Waals surface area contributed by atoms with Crippen LogP contribution in [0.25, 0.3) is 0 Å². The first kappa shape index (κ1) is 6.06. The molecule has 0 spiro atoms. The van der Waals surface area contributed by atoms with Gasteiger partial charge in [-0.3, -0.25) is 4.99 Å². The Bertz CT molecular complexity index is 357. The lowest BCUT2D eigenvalue weighted by atomic mass is 10.3. The fourth-order valence-electron chi connectivity index (χ4n) is 1.65. The number of nitrogens with zero attached hydrogens (tertiary/aromatic N) is 2. The molecule has 3 heteroatoms. The minimum atomic E-state index is 0.899. The van der Waals surface area contributed by atoms with Crippen LogP contribution < -0.4 is 10.2 Å². The Hall–Kier alpha value is -1.51. The Morgan fingerprint density at radius 1 is 1.58 bits per heavy atom. The van der Waals surface area contributed by atoms with Crippen molar-refractivity contribution in [3.8, 4) is 0 Å². The Morgan fingerprint density at radius 2 is 2.58 bits per heavy atom. The molecule has 0 atom stereocenters. The molecule has 0 saturated heterocycles. The van der Waals surface area contributed by atoms with Crippen LogP contribution in [0.1, 0.15) is 0 Å². The van der Waals surface area contributed by atoms with Gasteiger partial charge < -0.3 is 10.2 Å². The zero-order valence-electron chi connectivity index (χ0n) is 6.54. The van der Waals surface area contributed by atoms with Crippen LogP contribution in [-0.2, 0) is 0 Å². The maximum absolute atomic E-state index is 4.32. The molecule has 0 amide bonds. The average molecular weight is 158 g/mol. The van der Waals surface area contributed by atoms with E-state index in [4.69, 9.17) is 0 Å². The molecule has 0 aromatic heterocycles. The molecule has 3 nitrogen and oxygen atoms in total. The van der Waals surface area contributed by atoms with Crippen LogP contribution in [0, 0.1) is 6.07 Å². The second kappa shape index (κ2) is 2.00. The first-order chi connectivity index (χ1) is 5.95. The third kappa shape index (κ3) is 0.630. The van der Waals surface area contributed by atoms with E-state index in [0.717, 1.165) is 24.7 Å². The molecule has 12 heavy (non-hydrogen) atoms. The zero-order valence-corrected chi connectivity index (χ0v) is 6.54. The summed E-state index contributed by atoms with van der Waals surface area (Å²) in [5.74, 6) is 0.979. The van der Waals surface area contributed by atoms with Crippen LogP contribution >= 0.6 is 0 Å². The van der Waals surface area contributed by atoms with Crippen LogP contribution in [0.15, 0.2) is 23.2 Å². The quantitative estimate of drug-likeness (QED) is 0.612. The lowest BCUT2D eigenvalue weighted by Gasteiger charge is -2.09. The summed E-state index contributed by atoms with van der Waals surface area (Å²) in [6.07, 6.45) is 0. The number of hydrogen-bond acceptors (Lipinski definition) is 3. The van der Waals surface area contributed by atoms with Gasteiger partial charge in [0.2, 0.25) is 5.96 Å². The number of guanidine groups is 1. The Balaban J connectivity index is 2.17. The van der Waals surface area contributed by atoms with Crippen molar-refractivity contribution in [2.24, 2.45) is 4.99 Å². The molecule has 0 aliphatic carbocycles. The third-order valence-electron chi connectivity index (χ3n) is 2.20. The molecule has 1 aromatic carbocycles. The predicted octanol–water partition coefficient (Wildman–Crippen LogP) is 1.09.